The summed E-state index contributed by atoms with van der Waals surface area (Å²) in [6, 6.07) is 15.1. The van der Waals surface area contributed by atoms with Crippen LogP contribution in [0.15, 0.2) is 72.8 Å². The Bertz CT molecular complexity index is 1010. The normalized spacial score (nSPS) is 8.84. The Morgan fingerprint density at radius 1 is 0.289 bits per heavy atom. The molecule has 0 aliphatic carbocycles. The average Bonchev–Trinajstić information content (AvgIpc) is 2.84. The molecule has 3 aromatic carbocycles. The van der Waals surface area contributed by atoms with Gasteiger partial charge in [-0.3, -0.25) is 0 Å². The second-order valence-corrected chi connectivity index (χ2v) is 6.56. The number of carboxylic acid groups (broad SMARTS) is 6. The first-order valence-electron chi connectivity index (χ1n) is 9.53. The van der Waals surface area contributed by atoms with Crippen LogP contribution in [-0.4, -0.2) is 66.5 Å². The fourth-order valence-corrected chi connectivity index (χ4v) is 2.27. The van der Waals surface area contributed by atoms with Crippen LogP contribution in [0.25, 0.3) is 0 Å². The summed E-state index contributed by atoms with van der Waals surface area (Å²) in [7, 11) is 0. The van der Waals surface area contributed by atoms with E-state index < -0.39 is 35.8 Å². The van der Waals surface area contributed by atoms with Crippen LogP contribution in [0.5, 0.6) is 0 Å². The van der Waals surface area contributed by atoms with Crippen molar-refractivity contribution in [3.63, 3.8) is 0 Å². The summed E-state index contributed by atoms with van der Waals surface area (Å²) < 4.78 is 0. The van der Waals surface area contributed by atoms with Crippen molar-refractivity contribution < 1.29 is 143 Å². The van der Waals surface area contributed by atoms with Crippen LogP contribution in [0.2, 0.25) is 0 Å². The van der Waals surface area contributed by atoms with Crippen LogP contribution >= 0.6 is 0 Å². The van der Waals surface area contributed by atoms with Crippen molar-refractivity contribution in [1.82, 2.24) is 0 Å². The molecule has 194 valence electrons. The van der Waals surface area contributed by atoms with Crippen molar-refractivity contribution in [2.24, 2.45) is 0 Å². The largest absolute Gasteiger partial charge is 0.478 e. The number of rotatable bonds is 6. The average molecular weight is 779 g/mol. The number of benzene rings is 3. The van der Waals surface area contributed by atoms with Crippen LogP contribution in [0.3, 0.4) is 0 Å². The molecule has 3 rings (SSSR count). The monoisotopic (exact) mass is 778 g/mol. The van der Waals surface area contributed by atoms with Gasteiger partial charge in [-0.1, -0.05) is 0 Å². The number of hydrogen-bond acceptors (Lipinski definition) is 6. The zero-order chi connectivity index (χ0) is 27.4. The molecule has 0 aliphatic rings. The quantitative estimate of drug-likeness (QED) is 0.212. The van der Waals surface area contributed by atoms with Crippen LogP contribution in [0.4, 0.5) is 0 Å². The minimum absolute atomic E-state index is 0. The van der Waals surface area contributed by atoms with E-state index in [2.05, 4.69) is 0 Å². The Kier molecular flexibility index (Phi) is 18.2. The first kappa shape index (κ1) is 37.4. The van der Waals surface area contributed by atoms with Gasteiger partial charge in [-0.05, 0) is 72.8 Å². The van der Waals surface area contributed by atoms with Gasteiger partial charge in [0.1, 0.15) is 0 Å². The van der Waals surface area contributed by atoms with E-state index in [-0.39, 0.29) is 117 Å². The first-order chi connectivity index (χ1) is 16.8. The van der Waals surface area contributed by atoms with E-state index in [0.717, 1.165) is 0 Å². The molecule has 0 bridgehead atoms. The molecule has 0 saturated carbocycles. The van der Waals surface area contributed by atoms with Crippen molar-refractivity contribution in [3.05, 3.63) is 106 Å². The van der Waals surface area contributed by atoms with Gasteiger partial charge in [0, 0.05) is 83.5 Å². The molecule has 14 heteroatoms. The summed E-state index contributed by atoms with van der Waals surface area (Å²) in [5, 5.41) is 50.8. The summed E-state index contributed by atoms with van der Waals surface area (Å²) in [4.78, 5) is 62.0. The summed E-state index contributed by atoms with van der Waals surface area (Å²) in [5.41, 5.74) is 0.500. The van der Waals surface area contributed by atoms with E-state index in [1.165, 1.54) is 72.8 Å². The van der Waals surface area contributed by atoms with Gasteiger partial charge in [0.2, 0.25) is 0 Å². The standard InChI is InChI=1S/3C8H6O4.2Ce/c3*9-7(10)5-1-2-6(4-3-5)8(11)12;;/h3*1-4H,(H,9,10)(H,11,12);;. The predicted molar refractivity (Wildman–Crippen MR) is 121 cm³/mol. The molecule has 0 radical (unpaired) electrons. The van der Waals surface area contributed by atoms with Gasteiger partial charge in [-0.15, -0.1) is 0 Å². The van der Waals surface area contributed by atoms with Gasteiger partial charge in [-0.25, -0.2) is 28.8 Å². The molecule has 0 saturated heterocycles. The number of carbonyl (C=O) groups is 6. The second kappa shape index (κ2) is 18.5. The van der Waals surface area contributed by atoms with Crippen molar-refractivity contribution in [2.45, 2.75) is 0 Å². The Balaban J connectivity index is 0. The van der Waals surface area contributed by atoms with E-state index in [9.17, 15) is 28.8 Å². The Morgan fingerprint density at radius 3 is 0.421 bits per heavy atom. The van der Waals surface area contributed by atoms with Crippen molar-refractivity contribution in [1.29, 1.82) is 0 Å². The summed E-state index contributed by atoms with van der Waals surface area (Å²) >= 11 is 0. The zero-order valence-electron chi connectivity index (χ0n) is 19.1. The molecule has 0 amide bonds. The first-order valence-corrected chi connectivity index (χ1v) is 9.53. The predicted octanol–water partition coefficient (Wildman–Crippen LogP) is 3.25. The van der Waals surface area contributed by atoms with E-state index in [1.54, 1.807) is 0 Å². The Hall–Kier alpha value is -2.77. The molecule has 12 nitrogen and oxygen atoms in total. The van der Waals surface area contributed by atoms with Crippen LogP contribution in [0.1, 0.15) is 62.1 Å². The van der Waals surface area contributed by atoms with Crippen molar-refractivity contribution in [2.75, 3.05) is 0 Å². The molecule has 0 aromatic heterocycles. The molecular weight excluding hydrogens is 760 g/mol. The number of hydrogen-bond donors (Lipinski definition) is 6. The molecular formula is C24H18Ce2O12. The Morgan fingerprint density at radius 2 is 0.368 bits per heavy atom. The fourth-order valence-electron chi connectivity index (χ4n) is 2.27. The van der Waals surface area contributed by atoms with E-state index in [4.69, 9.17) is 30.6 Å². The summed E-state index contributed by atoms with van der Waals surface area (Å²) in [5.74, 6) is -6.38. The molecule has 6 N–H and O–H groups in total. The molecule has 0 unspecified atom stereocenters. The fraction of sp³-hybridized carbons (Fsp3) is 0. The van der Waals surface area contributed by atoms with Gasteiger partial charge in [0.25, 0.3) is 0 Å². The molecule has 0 spiro atoms. The van der Waals surface area contributed by atoms with Crippen LogP contribution < -0.4 is 0 Å². The number of carboxylic acids is 6. The van der Waals surface area contributed by atoms with E-state index in [1.807, 2.05) is 0 Å². The summed E-state index contributed by atoms with van der Waals surface area (Å²) in [6.45, 7) is 0. The maximum absolute atomic E-state index is 10.3. The molecule has 0 heterocycles. The summed E-state index contributed by atoms with van der Waals surface area (Å²) in [6.07, 6.45) is 0. The van der Waals surface area contributed by atoms with Gasteiger partial charge in [0.15, 0.2) is 0 Å². The maximum atomic E-state index is 10.3. The van der Waals surface area contributed by atoms with E-state index in [0.29, 0.717) is 0 Å². The van der Waals surface area contributed by atoms with Crippen LogP contribution in [-0.2, 0) is 0 Å². The molecule has 38 heavy (non-hydrogen) atoms. The molecule has 0 aliphatic heterocycles. The Labute approximate surface area is 281 Å². The van der Waals surface area contributed by atoms with Gasteiger partial charge in [0.05, 0.1) is 33.4 Å². The third-order valence-electron chi connectivity index (χ3n) is 4.14. The second-order valence-electron chi connectivity index (χ2n) is 6.56. The van der Waals surface area contributed by atoms with Crippen molar-refractivity contribution in [3.8, 4) is 0 Å². The SMILES string of the molecule is O=C(O)c1ccc(C(=O)O)cc1.O=C(O)c1ccc(C(=O)O)cc1.O=C(O)c1ccc(C(=O)O)cc1.[Ce].[Ce]. The van der Waals surface area contributed by atoms with Gasteiger partial charge >= 0.3 is 35.8 Å². The zero-order valence-corrected chi connectivity index (χ0v) is 25.3. The molecule has 0 atom stereocenters. The van der Waals surface area contributed by atoms with E-state index >= 15 is 0 Å². The van der Waals surface area contributed by atoms with Crippen molar-refractivity contribution >= 4 is 35.8 Å². The van der Waals surface area contributed by atoms with Crippen LogP contribution in [0, 0.1) is 83.5 Å². The third kappa shape index (κ3) is 13.2. The topological polar surface area (TPSA) is 224 Å². The maximum Gasteiger partial charge on any atom is 0.335 e. The minimum atomic E-state index is -1.06. The number of aromatic carboxylic acids is 6. The van der Waals surface area contributed by atoms with Gasteiger partial charge in [-0.2, -0.15) is 0 Å². The van der Waals surface area contributed by atoms with Gasteiger partial charge < -0.3 is 30.6 Å². The third-order valence-corrected chi connectivity index (χ3v) is 4.14. The minimum Gasteiger partial charge on any atom is -0.478 e. The molecule has 0 fully saturated rings. The molecule has 3 aromatic rings. The smallest absolute Gasteiger partial charge is 0.335 e.